The van der Waals surface area contributed by atoms with E-state index in [1.807, 2.05) is 17.5 Å². The highest BCUT2D eigenvalue weighted by atomic mass is 35.5. The van der Waals surface area contributed by atoms with E-state index in [4.69, 9.17) is 26.8 Å². The molecule has 8 heteroatoms. The summed E-state index contributed by atoms with van der Waals surface area (Å²) in [6, 6.07) is 7.70. The van der Waals surface area contributed by atoms with Crippen LogP contribution in [0.3, 0.4) is 0 Å². The third kappa shape index (κ3) is 5.91. The van der Waals surface area contributed by atoms with Gasteiger partial charge in [-0.1, -0.05) is 17.7 Å². The van der Waals surface area contributed by atoms with E-state index in [1.165, 1.54) is 12.0 Å². The minimum atomic E-state index is -0.570. The molecule has 0 aliphatic rings. The zero-order valence-electron chi connectivity index (χ0n) is 12.5. The maximum atomic E-state index is 10.8. The topological polar surface area (TPSA) is 73.6 Å². The lowest BCUT2D eigenvalue weighted by Gasteiger charge is -2.13. The first kappa shape index (κ1) is 19.6. The average Bonchev–Trinajstić information content (AvgIpc) is 2.98. The second kappa shape index (κ2) is 9.62. The largest absolute Gasteiger partial charge is 1.00 e. The van der Waals surface area contributed by atoms with Crippen molar-refractivity contribution in [3.05, 3.63) is 45.1 Å². The Kier molecular flexibility index (Phi) is 8.19. The van der Waals surface area contributed by atoms with Gasteiger partial charge in [-0.2, -0.15) is 0 Å². The molecular formula is C15H17Cl2N2O3S-. The van der Waals surface area contributed by atoms with Crippen LogP contribution in [-0.2, 0) is 17.9 Å². The maximum absolute atomic E-state index is 10.8. The molecule has 126 valence electrons. The fraction of sp³-hybridized carbons (Fsp3) is 0.267. The number of rotatable bonds is 8. The molecule has 0 radical (unpaired) electrons. The molecule has 5 nitrogen and oxygen atoms in total. The van der Waals surface area contributed by atoms with Gasteiger partial charge in [0.15, 0.2) is 18.1 Å². The van der Waals surface area contributed by atoms with Gasteiger partial charge in [0.05, 0.1) is 12.1 Å². The molecule has 2 rings (SSSR count). The third-order valence-electron chi connectivity index (χ3n) is 2.86. The number of nitrogens with two attached hydrogens (primary N) is 1. The first-order valence-corrected chi connectivity index (χ1v) is 7.86. The summed E-state index contributed by atoms with van der Waals surface area (Å²) >= 11 is 7.90. The Bertz CT molecular complexity index is 636. The van der Waals surface area contributed by atoms with Gasteiger partial charge in [-0.05, 0) is 29.1 Å². The monoisotopic (exact) mass is 375 g/mol. The Labute approximate surface area is 150 Å². The van der Waals surface area contributed by atoms with Crippen molar-refractivity contribution >= 4 is 28.8 Å². The van der Waals surface area contributed by atoms with Crippen LogP contribution < -0.4 is 32.9 Å². The SMILES string of the molecule is COc1cc(CNCc2cccs2)cc(Cl)c1OCC(N)=O.[Cl-]. The lowest BCUT2D eigenvalue weighted by Crippen LogP contribution is -3.00. The van der Waals surface area contributed by atoms with Crippen molar-refractivity contribution in [1.29, 1.82) is 0 Å². The Hall–Kier alpha value is -1.47. The number of ether oxygens (including phenoxy) is 2. The first-order chi connectivity index (χ1) is 10.6. The lowest BCUT2D eigenvalue weighted by molar-refractivity contribution is -0.119. The van der Waals surface area contributed by atoms with Crippen LogP contribution in [-0.4, -0.2) is 19.6 Å². The predicted octanol–water partition coefficient (Wildman–Crippen LogP) is -0.432. The van der Waals surface area contributed by atoms with E-state index in [0.717, 1.165) is 12.1 Å². The fourth-order valence-electron chi connectivity index (χ4n) is 1.90. The summed E-state index contributed by atoms with van der Waals surface area (Å²) in [4.78, 5) is 12.1. The van der Waals surface area contributed by atoms with E-state index >= 15 is 0 Å². The summed E-state index contributed by atoms with van der Waals surface area (Å²) in [7, 11) is 1.52. The van der Waals surface area contributed by atoms with Crippen molar-refractivity contribution in [2.24, 2.45) is 5.73 Å². The number of amides is 1. The van der Waals surface area contributed by atoms with Crippen molar-refractivity contribution in [2.45, 2.75) is 13.1 Å². The summed E-state index contributed by atoms with van der Waals surface area (Å²) in [5.41, 5.74) is 6.03. The van der Waals surface area contributed by atoms with Gasteiger partial charge < -0.3 is 32.9 Å². The van der Waals surface area contributed by atoms with Crippen LogP contribution >= 0.6 is 22.9 Å². The Morgan fingerprint density at radius 3 is 2.78 bits per heavy atom. The minimum Gasteiger partial charge on any atom is -1.00 e. The molecule has 23 heavy (non-hydrogen) atoms. The number of carbonyl (C=O) groups excluding carboxylic acids is 1. The van der Waals surface area contributed by atoms with Crippen LogP contribution in [0.25, 0.3) is 0 Å². The van der Waals surface area contributed by atoms with Gasteiger partial charge in [0.25, 0.3) is 5.91 Å². The van der Waals surface area contributed by atoms with Crippen LogP contribution in [0, 0.1) is 0 Å². The molecule has 1 aromatic heterocycles. The smallest absolute Gasteiger partial charge is 0.255 e. The van der Waals surface area contributed by atoms with E-state index in [2.05, 4.69) is 11.4 Å². The van der Waals surface area contributed by atoms with Gasteiger partial charge in [0, 0.05) is 18.0 Å². The number of methoxy groups -OCH3 is 1. The quantitative estimate of drug-likeness (QED) is 0.656. The van der Waals surface area contributed by atoms with Gasteiger partial charge in [-0.3, -0.25) is 4.79 Å². The van der Waals surface area contributed by atoms with E-state index < -0.39 is 5.91 Å². The van der Waals surface area contributed by atoms with Gasteiger partial charge >= 0.3 is 0 Å². The molecule has 0 aliphatic heterocycles. The molecule has 0 atom stereocenters. The third-order valence-corrected chi connectivity index (χ3v) is 4.01. The van der Waals surface area contributed by atoms with Gasteiger partial charge in [0.1, 0.15) is 0 Å². The summed E-state index contributed by atoms with van der Waals surface area (Å²) < 4.78 is 10.6. The summed E-state index contributed by atoms with van der Waals surface area (Å²) in [5, 5.41) is 5.76. The highest BCUT2D eigenvalue weighted by molar-refractivity contribution is 7.09. The Morgan fingerprint density at radius 1 is 1.39 bits per heavy atom. The normalized spacial score (nSPS) is 10.0. The van der Waals surface area contributed by atoms with Crippen molar-refractivity contribution in [1.82, 2.24) is 5.32 Å². The van der Waals surface area contributed by atoms with Crippen LogP contribution in [0.15, 0.2) is 29.6 Å². The van der Waals surface area contributed by atoms with Crippen molar-refractivity contribution in [3.63, 3.8) is 0 Å². The van der Waals surface area contributed by atoms with Gasteiger partial charge in [0.2, 0.25) is 0 Å². The predicted molar refractivity (Wildman–Crippen MR) is 87.6 cm³/mol. The molecule has 0 bridgehead atoms. The van der Waals surface area contributed by atoms with E-state index in [9.17, 15) is 4.79 Å². The Balaban J connectivity index is 0.00000264. The van der Waals surface area contributed by atoms with Crippen molar-refractivity contribution in [2.75, 3.05) is 13.7 Å². The second-order valence-corrected chi connectivity index (χ2v) is 5.99. The summed E-state index contributed by atoms with van der Waals surface area (Å²) in [6.07, 6.45) is 0. The lowest BCUT2D eigenvalue weighted by atomic mass is 10.2. The number of primary amides is 1. The minimum absolute atomic E-state index is 0. The average molecular weight is 376 g/mol. The molecular weight excluding hydrogens is 359 g/mol. The van der Waals surface area contributed by atoms with Crippen LogP contribution in [0.5, 0.6) is 11.5 Å². The Morgan fingerprint density at radius 2 is 2.17 bits per heavy atom. The second-order valence-electron chi connectivity index (χ2n) is 4.55. The molecule has 1 amide bonds. The molecule has 0 unspecified atom stereocenters. The molecule has 0 saturated carbocycles. The van der Waals surface area contributed by atoms with Crippen molar-refractivity contribution in [3.8, 4) is 11.5 Å². The van der Waals surface area contributed by atoms with E-state index in [0.29, 0.717) is 23.1 Å². The zero-order valence-corrected chi connectivity index (χ0v) is 14.8. The van der Waals surface area contributed by atoms with E-state index in [1.54, 1.807) is 17.4 Å². The number of benzene rings is 1. The number of halogens is 2. The molecule has 3 N–H and O–H groups in total. The fourth-order valence-corrected chi connectivity index (χ4v) is 2.86. The molecule has 0 saturated heterocycles. The molecule has 1 aromatic carbocycles. The zero-order chi connectivity index (χ0) is 15.9. The molecule has 1 heterocycles. The number of nitrogens with one attached hydrogen (secondary N) is 1. The molecule has 2 aromatic rings. The molecule has 0 aliphatic carbocycles. The van der Waals surface area contributed by atoms with Gasteiger partial charge in [-0.25, -0.2) is 0 Å². The van der Waals surface area contributed by atoms with Crippen molar-refractivity contribution < 1.29 is 26.7 Å². The molecule has 0 spiro atoms. The highest BCUT2D eigenvalue weighted by Gasteiger charge is 2.13. The highest BCUT2D eigenvalue weighted by Crippen LogP contribution is 2.36. The standard InChI is InChI=1S/C15H17ClN2O3S.ClH/c1-20-13-6-10(7-18-8-11-3-2-4-22-11)5-12(16)15(13)21-9-14(17)19;/h2-6,18H,7-9H2,1H3,(H2,17,19);1H/p-1. The van der Waals surface area contributed by atoms with Crippen LogP contribution in [0.4, 0.5) is 0 Å². The number of thiophene rings is 1. The number of carbonyl (C=O) groups is 1. The number of hydrogen-bond donors (Lipinski definition) is 2. The van der Waals surface area contributed by atoms with Crippen LogP contribution in [0.2, 0.25) is 5.02 Å². The first-order valence-electron chi connectivity index (χ1n) is 6.60. The van der Waals surface area contributed by atoms with Gasteiger partial charge in [-0.15, -0.1) is 11.3 Å². The van der Waals surface area contributed by atoms with Crippen LogP contribution in [0.1, 0.15) is 10.4 Å². The number of hydrogen-bond acceptors (Lipinski definition) is 5. The summed E-state index contributed by atoms with van der Waals surface area (Å²) in [5.74, 6) is 0.228. The molecule has 0 fully saturated rings. The van der Waals surface area contributed by atoms with E-state index in [-0.39, 0.29) is 19.0 Å². The maximum Gasteiger partial charge on any atom is 0.255 e. The summed E-state index contributed by atoms with van der Waals surface area (Å²) in [6.45, 7) is 1.19.